The van der Waals surface area contributed by atoms with E-state index < -0.39 is 11.9 Å². The molecule has 0 aliphatic heterocycles. The first-order chi connectivity index (χ1) is 6.09. The molecule has 13 heavy (non-hydrogen) atoms. The maximum absolute atomic E-state index is 11.1. The van der Waals surface area contributed by atoms with Gasteiger partial charge >= 0.3 is 6.03 Å². The van der Waals surface area contributed by atoms with Crippen LogP contribution in [0.5, 0.6) is 0 Å². The Labute approximate surface area is 75.7 Å². The highest BCUT2D eigenvalue weighted by Crippen LogP contribution is 2.02. The third-order valence-corrected chi connectivity index (χ3v) is 1.51. The third kappa shape index (κ3) is 2.59. The van der Waals surface area contributed by atoms with E-state index in [9.17, 15) is 9.59 Å². The molecule has 3 amide bonds. The number of nitrogens with zero attached hydrogens (tertiary/aromatic N) is 1. The smallest absolute Gasteiger partial charge is 0.341 e. The van der Waals surface area contributed by atoms with Crippen molar-refractivity contribution in [3.63, 3.8) is 0 Å². The van der Waals surface area contributed by atoms with Gasteiger partial charge in [-0.15, -0.1) is 0 Å². The van der Waals surface area contributed by atoms with Gasteiger partial charge in [0.15, 0.2) is 0 Å². The highest BCUT2D eigenvalue weighted by atomic mass is 16.2. The van der Waals surface area contributed by atoms with E-state index >= 15 is 0 Å². The minimum absolute atomic E-state index is 0.365. The molecule has 0 heterocycles. The normalized spacial score (nSPS) is 9.31. The van der Waals surface area contributed by atoms with E-state index in [2.05, 4.69) is 5.32 Å². The Morgan fingerprint density at radius 1 is 1.23 bits per heavy atom. The molecule has 0 aromatic heterocycles. The number of hydrogen-bond acceptors (Lipinski definition) is 2. The topological polar surface area (TPSA) is 74.3 Å². The van der Waals surface area contributed by atoms with Crippen LogP contribution in [-0.4, -0.2) is 11.9 Å². The number of benzene rings is 1. The van der Waals surface area contributed by atoms with Crippen molar-refractivity contribution in [2.75, 3.05) is 0 Å². The number of nitrogens with two attached hydrogens (primary N) is 1. The summed E-state index contributed by atoms with van der Waals surface area (Å²) in [5.74, 6) is -0.604. The average molecular weight is 177 g/mol. The third-order valence-electron chi connectivity index (χ3n) is 1.51. The van der Waals surface area contributed by atoms with Crippen molar-refractivity contribution in [3.05, 3.63) is 35.4 Å². The largest absolute Gasteiger partial charge is 0.350 e. The lowest BCUT2D eigenvalue weighted by Crippen LogP contribution is -2.28. The van der Waals surface area contributed by atoms with E-state index in [1.807, 2.05) is 6.92 Å². The number of amides is 3. The van der Waals surface area contributed by atoms with Gasteiger partial charge in [0.05, 0.1) is 0 Å². The fourth-order valence-electron chi connectivity index (χ4n) is 0.861. The minimum atomic E-state index is -0.967. The van der Waals surface area contributed by atoms with Crippen LogP contribution in [0.15, 0.2) is 24.3 Å². The Morgan fingerprint density at radius 3 is 2.23 bits per heavy atom. The summed E-state index contributed by atoms with van der Waals surface area (Å²) in [6.45, 7) is 1.90. The van der Waals surface area contributed by atoms with Crippen LogP contribution in [0.3, 0.4) is 0 Å². The summed E-state index contributed by atoms with van der Waals surface area (Å²) in [7, 11) is 0. The zero-order valence-corrected chi connectivity index (χ0v) is 7.15. The monoisotopic (exact) mass is 177 g/mol. The second-order valence-corrected chi connectivity index (χ2v) is 2.62. The van der Waals surface area contributed by atoms with Crippen LogP contribution in [0.25, 0.3) is 0 Å². The Hall–Kier alpha value is -1.84. The summed E-state index contributed by atoms with van der Waals surface area (Å²) in [5, 5.41) is 3.08. The quantitative estimate of drug-likeness (QED) is 0.689. The highest BCUT2D eigenvalue weighted by molar-refractivity contribution is 6.03. The number of urea groups is 1. The van der Waals surface area contributed by atoms with Crippen LogP contribution in [0.1, 0.15) is 15.9 Å². The molecule has 4 heteroatoms. The Morgan fingerprint density at radius 2 is 1.77 bits per heavy atom. The standard InChI is InChI=1S/C9H9N2O2/c1-6-2-4-7(5-3-6)8(12)11-9(10)13/h2-5H,1H3,(H2,10,13). The molecule has 0 bridgehead atoms. The lowest BCUT2D eigenvalue weighted by atomic mass is 10.1. The molecule has 1 rings (SSSR count). The minimum Gasteiger partial charge on any atom is -0.350 e. The van der Waals surface area contributed by atoms with Crippen molar-refractivity contribution in [2.24, 2.45) is 5.73 Å². The van der Waals surface area contributed by atoms with Crippen molar-refractivity contribution in [1.82, 2.24) is 5.32 Å². The summed E-state index contributed by atoms with van der Waals surface area (Å²) in [6, 6.07) is 5.77. The number of carbonyl (C=O) groups excluding carboxylic acids is 2. The van der Waals surface area contributed by atoms with Gasteiger partial charge < -0.3 is 5.73 Å². The molecule has 2 N–H and O–H groups in total. The van der Waals surface area contributed by atoms with Gasteiger partial charge in [-0.25, -0.2) is 4.79 Å². The summed E-state index contributed by atoms with van der Waals surface area (Å²) in [6.07, 6.45) is 0. The van der Waals surface area contributed by atoms with E-state index in [0.717, 1.165) is 5.56 Å². The van der Waals surface area contributed by atoms with Crippen LogP contribution in [0.4, 0.5) is 4.79 Å². The molecule has 1 aromatic rings. The predicted molar refractivity (Wildman–Crippen MR) is 47.2 cm³/mol. The molecule has 0 atom stereocenters. The first-order valence-corrected chi connectivity index (χ1v) is 3.72. The molecule has 0 unspecified atom stereocenters. The fourth-order valence-corrected chi connectivity index (χ4v) is 0.861. The second kappa shape index (κ2) is 3.71. The maximum Gasteiger partial charge on any atom is 0.341 e. The van der Waals surface area contributed by atoms with E-state index in [1.165, 1.54) is 0 Å². The van der Waals surface area contributed by atoms with E-state index in [0.29, 0.717) is 5.56 Å². The van der Waals surface area contributed by atoms with Crippen LogP contribution in [0, 0.1) is 6.92 Å². The lowest BCUT2D eigenvalue weighted by molar-refractivity contribution is 0.0962. The number of carbonyl (C=O) groups is 2. The van der Waals surface area contributed by atoms with Gasteiger partial charge in [-0.1, -0.05) is 17.7 Å². The van der Waals surface area contributed by atoms with Crippen molar-refractivity contribution in [1.29, 1.82) is 0 Å². The number of primary amides is 1. The van der Waals surface area contributed by atoms with Crippen LogP contribution in [0.2, 0.25) is 0 Å². The predicted octanol–water partition coefficient (Wildman–Crippen LogP) is 0.818. The number of hydrogen-bond donors (Lipinski definition) is 1. The zero-order chi connectivity index (χ0) is 9.84. The Balaban J connectivity index is 2.78. The summed E-state index contributed by atoms with van der Waals surface area (Å²) in [4.78, 5) is 21.4. The summed E-state index contributed by atoms with van der Waals surface area (Å²) >= 11 is 0. The van der Waals surface area contributed by atoms with Gasteiger partial charge in [0, 0.05) is 5.56 Å². The second-order valence-electron chi connectivity index (χ2n) is 2.62. The van der Waals surface area contributed by atoms with E-state index in [4.69, 9.17) is 5.73 Å². The van der Waals surface area contributed by atoms with Gasteiger partial charge in [0.1, 0.15) is 0 Å². The molecule has 0 saturated carbocycles. The first-order valence-electron chi connectivity index (χ1n) is 3.72. The van der Waals surface area contributed by atoms with E-state index in [1.54, 1.807) is 24.3 Å². The van der Waals surface area contributed by atoms with Gasteiger partial charge in [0.25, 0.3) is 5.91 Å². The van der Waals surface area contributed by atoms with Gasteiger partial charge in [-0.3, -0.25) is 4.79 Å². The molecule has 1 aromatic carbocycles. The molecule has 0 aliphatic carbocycles. The zero-order valence-electron chi connectivity index (χ0n) is 7.15. The number of rotatable bonds is 1. The van der Waals surface area contributed by atoms with Crippen LogP contribution in [-0.2, 0) is 0 Å². The molecule has 0 aliphatic rings. The van der Waals surface area contributed by atoms with Crippen molar-refractivity contribution < 1.29 is 9.59 Å². The van der Waals surface area contributed by atoms with Gasteiger partial charge in [0.2, 0.25) is 0 Å². The Kier molecular flexibility index (Phi) is 2.64. The summed E-state index contributed by atoms with van der Waals surface area (Å²) in [5.41, 5.74) is 6.14. The Bertz CT molecular complexity index is 330. The van der Waals surface area contributed by atoms with Crippen molar-refractivity contribution in [3.8, 4) is 0 Å². The van der Waals surface area contributed by atoms with Gasteiger partial charge in [-0.05, 0) is 19.1 Å². The van der Waals surface area contributed by atoms with Crippen LogP contribution >= 0.6 is 0 Å². The van der Waals surface area contributed by atoms with Crippen molar-refractivity contribution >= 4 is 11.9 Å². The maximum atomic E-state index is 11.1. The number of aryl methyl sites for hydroxylation is 1. The molecule has 67 valence electrons. The molecule has 1 radical (unpaired) electrons. The molecular weight excluding hydrogens is 168 g/mol. The first kappa shape index (κ1) is 9.25. The molecule has 4 nitrogen and oxygen atoms in total. The highest BCUT2D eigenvalue weighted by Gasteiger charge is 2.08. The van der Waals surface area contributed by atoms with Crippen molar-refractivity contribution in [2.45, 2.75) is 6.92 Å². The summed E-state index contributed by atoms with van der Waals surface area (Å²) < 4.78 is 0. The average Bonchev–Trinajstić information content (AvgIpc) is 2.04. The number of imide groups is 1. The van der Waals surface area contributed by atoms with Gasteiger partial charge in [-0.2, -0.15) is 5.32 Å². The lowest BCUT2D eigenvalue weighted by Gasteiger charge is -1.97. The SMILES string of the molecule is Cc1ccc(C(=O)[N]C(N)=O)cc1. The molecule has 0 spiro atoms. The molecular formula is C9H9N2O2. The van der Waals surface area contributed by atoms with E-state index in [-0.39, 0.29) is 0 Å². The molecule has 0 fully saturated rings. The fraction of sp³-hybridized carbons (Fsp3) is 0.111. The van der Waals surface area contributed by atoms with Crippen LogP contribution < -0.4 is 11.1 Å². The molecule has 0 saturated heterocycles.